The van der Waals surface area contributed by atoms with Crippen molar-refractivity contribution in [1.29, 1.82) is 0 Å². The van der Waals surface area contributed by atoms with Crippen molar-refractivity contribution in [3.63, 3.8) is 0 Å². The van der Waals surface area contributed by atoms with Gasteiger partial charge in [0, 0.05) is 17.4 Å². The first-order chi connectivity index (χ1) is 8.25. The number of aryl methyl sites for hydroxylation is 1. The van der Waals surface area contributed by atoms with E-state index < -0.39 is 0 Å². The molecule has 0 amide bonds. The maximum absolute atomic E-state index is 11.5. The highest BCUT2D eigenvalue weighted by Gasteiger charge is 2.18. The van der Waals surface area contributed by atoms with Crippen molar-refractivity contribution in [2.75, 3.05) is 0 Å². The molecule has 0 N–H and O–H groups in total. The van der Waals surface area contributed by atoms with Gasteiger partial charge in [-0.2, -0.15) is 0 Å². The quantitative estimate of drug-likeness (QED) is 0.738. The van der Waals surface area contributed by atoms with E-state index in [2.05, 4.69) is 13.0 Å². The van der Waals surface area contributed by atoms with Gasteiger partial charge in [-0.05, 0) is 37.5 Å². The molecule has 86 valence electrons. The summed E-state index contributed by atoms with van der Waals surface area (Å²) in [5.74, 6) is 1.10. The van der Waals surface area contributed by atoms with E-state index in [1.54, 1.807) is 6.08 Å². The second-order valence-electron chi connectivity index (χ2n) is 4.54. The zero-order chi connectivity index (χ0) is 11.8. The highest BCUT2D eigenvalue weighted by Crippen LogP contribution is 2.33. The molecule has 2 nitrogen and oxygen atoms in total. The number of fused-ring (bicyclic) bond motifs is 1. The summed E-state index contributed by atoms with van der Waals surface area (Å²) in [6.07, 6.45) is 4.28. The fourth-order valence-electron chi connectivity index (χ4n) is 2.45. The Morgan fingerprint density at radius 2 is 2.00 bits per heavy atom. The van der Waals surface area contributed by atoms with Gasteiger partial charge in [-0.1, -0.05) is 18.2 Å². The predicted octanol–water partition coefficient (Wildman–Crippen LogP) is 3.88. The molecule has 0 atom stereocenters. The minimum atomic E-state index is 0.214. The molecule has 0 aliphatic heterocycles. The molecule has 1 aromatic heterocycles. The smallest absolute Gasteiger partial charge is 0.156 e. The zero-order valence-electron chi connectivity index (χ0n) is 9.82. The van der Waals surface area contributed by atoms with Crippen LogP contribution < -0.4 is 0 Å². The van der Waals surface area contributed by atoms with E-state index in [0.29, 0.717) is 6.42 Å². The summed E-state index contributed by atoms with van der Waals surface area (Å²) in [4.78, 5) is 11.5. The second-order valence-corrected chi connectivity index (χ2v) is 4.54. The second kappa shape index (κ2) is 3.88. The van der Waals surface area contributed by atoms with Gasteiger partial charge in [-0.3, -0.25) is 4.79 Å². The summed E-state index contributed by atoms with van der Waals surface area (Å²) in [5.41, 5.74) is 3.09. The first kappa shape index (κ1) is 10.3. The van der Waals surface area contributed by atoms with E-state index in [0.717, 1.165) is 40.7 Å². The lowest BCUT2D eigenvalue weighted by atomic mass is 9.95. The lowest BCUT2D eigenvalue weighted by Crippen LogP contribution is -2.02. The molecule has 3 rings (SSSR count). The van der Waals surface area contributed by atoms with E-state index in [-0.39, 0.29) is 5.78 Å². The summed E-state index contributed by atoms with van der Waals surface area (Å²) >= 11 is 0. The maximum Gasteiger partial charge on any atom is 0.156 e. The number of hydrogen-bond donors (Lipinski definition) is 0. The zero-order valence-corrected chi connectivity index (χ0v) is 9.82. The van der Waals surface area contributed by atoms with Crippen LogP contribution in [0.25, 0.3) is 16.5 Å². The topological polar surface area (TPSA) is 30.2 Å². The Morgan fingerprint density at radius 3 is 2.76 bits per heavy atom. The molecule has 0 unspecified atom stereocenters. The number of carbonyl (C=O) groups excluding carboxylic acids is 1. The molecule has 0 spiro atoms. The summed E-state index contributed by atoms with van der Waals surface area (Å²) in [6, 6.07) is 8.00. The number of allylic oxidation sites excluding steroid dienone is 2. The monoisotopic (exact) mass is 226 g/mol. The lowest BCUT2D eigenvalue weighted by Gasteiger charge is -2.10. The Kier molecular flexibility index (Phi) is 2.36. The van der Waals surface area contributed by atoms with Gasteiger partial charge in [-0.25, -0.2) is 0 Å². The van der Waals surface area contributed by atoms with E-state index in [1.807, 2.05) is 18.2 Å². The number of hydrogen-bond acceptors (Lipinski definition) is 2. The van der Waals surface area contributed by atoms with Crippen LogP contribution in [0.15, 0.2) is 34.8 Å². The molecule has 0 fully saturated rings. The van der Waals surface area contributed by atoms with Crippen LogP contribution in [0, 0.1) is 6.92 Å². The molecule has 1 aliphatic carbocycles. The average molecular weight is 226 g/mol. The Hall–Kier alpha value is -1.83. The van der Waals surface area contributed by atoms with Crippen molar-refractivity contribution < 1.29 is 9.21 Å². The van der Waals surface area contributed by atoms with E-state index in [1.165, 1.54) is 0 Å². The van der Waals surface area contributed by atoms with Gasteiger partial charge in [0.1, 0.15) is 11.3 Å². The molecule has 0 radical (unpaired) electrons. The summed E-state index contributed by atoms with van der Waals surface area (Å²) in [5, 5.41) is 1.14. The van der Waals surface area contributed by atoms with Crippen LogP contribution in [-0.2, 0) is 4.79 Å². The predicted molar refractivity (Wildman–Crippen MR) is 67.8 cm³/mol. The maximum atomic E-state index is 11.5. The highest BCUT2D eigenvalue weighted by molar-refractivity contribution is 5.99. The first-order valence-corrected chi connectivity index (χ1v) is 5.97. The van der Waals surface area contributed by atoms with Crippen LogP contribution in [0.2, 0.25) is 0 Å². The van der Waals surface area contributed by atoms with Gasteiger partial charge in [-0.15, -0.1) is 0 Å². The van der Waals surface area contributed by atoms with Crippen molar-refractivity contribution >= 4 is 22.3 Å². The molecule has 2 heteroatoms. The van der Waals surface area contributed by atoms with Gasteiger partial charge in [0.05, 0.1) is 0 Å². The van der Waals surface area contributed by atoms with Crippen LogP contribution in [0.1, 0.15) is 30.6 Å². The largest absolute Gasteiger partial charge is 0.456 e. The molecule has 0 bridgehead atoms. The third kappa shape index (κ3) is 1.70. The highest BCUT2D eigenvalue weighted by atomic mass is 16.3. The van der Waals surface area contributed by atoms with Crippen molar-refractivity contribution in [3.05, 3.63) is 41.7 Å². The van der Waals surface area contributed by atoms with Crippen molar-refractivity contribution in [3.8, 4) is 0 Å². The van der Waals surface area contributed by atoms with Crippen LogP contribution >= 0.6 is 0 Å². The Bertz CT molecular complexity index is 617. The number of ketones is 1. The van der Waals surface area contributed by atoms with Crippen molar-refractivity contribution in [1.82, 2.24) is 0 Å². The molecule has 0 saturated heterocycles. The molecular weight excluding hydrogens is 212 g/mol. The van der Waals surface area contributed by atoms with Crippen LogP contribution in [0.4, 0.5) is 0 Å². The van der Waals surface area contributed by atoms with Crippen LogP contribution in [0.3, 0.4) is 0 Å². The normalized spacial score (nSPS) is 16.3. The third-order valence-corrected chi connectivity index (χ3v) is 3.34. The number of benzene rings is 1. The first-order valence-electron chi connectivity index (χ1n) is 5.97. The Balaban J connectivity index is 2.17. The number of furan rings is 1. The Morgan fingerprint density at radius 1 is 1.18 bits per heavy atom. The van der Waals surface area contributed by atoms with Gasteiger partial charge < -0.3 is 4.42 Å². The summed E-state index contributed by atoms with van der Waals surface area (Å²) < 4.78 is 5.87. The van der Waals surface area contributed by atoms with Crippen LogP contribution in [-0.4, -0.2) is 5.78 Å². The van der Waals surface area contributed by atoms with E-state index in [4.69, 9.17) is 4.42 Å². The summed E-state index contributed by atoms with van der Waals surface area (Å²) in [7, 11) is 0. The van der Waals surface area contributed by atoms with Gasteiger partial charge >= 0.3 is 0 Å². The molecular formula is C15H14O2. The SMILES string of the molecule is Cc1c(C2=CC(=O)CCC2)oc2ccccc12. The average Bonchev–Trinajstić information content (AvgIpc) is 2.68. The molecule has 1 heterocycles. The van der Waals surface area contributed by atoms with Gasteiger partial charge in [0.25, 0.3) is 0 Å². The fraction of sp³-hybridized carbons (Fsp3) is 0.267. The van der Waals surface area contributed by atoms with E-state index in [9.17, 15) is 4.79 Å². The molecule has 1 aliphatic rings. The summed E-state index contributed by atoms with van der Waals surface area (Å²) in [6.45, 7) is 2.06. The fourth-order valence-corrected chi connectivity index (χ4v) is 2.45. The number of rotatable bonds is 1. The van der Waals surface area contributed by atoms with Gasteiger partial charge in [0.2, 0.25) is 0 Å². The number of carbonyl (C=O) groups is 1. The van der Waals surface area contributed by atoms with Crippen LogP contribution in [0.5, 0.6) is 0 Å². The lowest BCUT2D eigenvalue weighted by molar-refractivity contribution is -0.114. The van der Waals surface area contributed by atoms with Crippen molar-refractivity contribution in [2.45, 2.75) is 26.2 Å². The molecule has 0 saturated carbocycles. The van der Waals surface area contributed by atoms with Crippen molar-refractivity contribution in [2.24, 2.45) is 0 Å². The number of para-hydroxylation sites is 1. The standard InChI is InChI=1S/C15H14O2/c1-10-13-7-2-3-8-14(13)17-15(10)11-5-4-6-12(16)9-11/h2-3,7-9H,4-6H2,1H3. The van der Waals surface area contributed by atoms with Gasteiger partial charge in [0.15, 0.2) is 5.78 Å². The minimum Gasteiger partial charge on any atom is -0.456 e. The Labute approximate surface area is 99.9 Å². The minimum absolute atomic E-state index is 0.214. The molecule has 2 aromatic rings. The molecule has 1 aromatic carbocycles. The van der Waals surface area contributed by atoms with E-state index >= 15 is 0 Å². The third-order valence-electron chi connectivity index (χ3n) is 3.34. The molecule has 17 heavy (non-hydrogen) atoms.